The molecule has 2 heterocycles. The number of carbonyl (C=O) groups excluding carboxylic acids is 1. The van der Waals surface area contributed by atoms with Crippen LogP contribution in [0, 0.1) is 0 Å². The molecule has 1 amide bonds. The van der Waals surface area contributed by atoms with Crippen molar-refractivity contribution in [3.05, 3.63) is 71.0 Å². The molecule has 0 saturated carbocycles. The van der Waals surface area contributed by atoms with E-state index < -0.39 is 10.0 Å². The predicted octanol–water partition coefficient (Wildman–Crippen LogP) is 3.60. The first-order valence-electron chi connectivity index (χ1n) is 7.27. The lowest BCUT2D eigenvalue weighted by Gasteiger charge is -2.12. The maximum Gasteiger partial charge on any atom is 0.294 e. The molecule has 3 rings (SSSR count). The van der Waals surface area contributed by atoms with E-state index in [1.165, 1.54) is 17.0 Å². The van der Waals surface area contributed by atoms with E-state index in [9.17, 15) is 13.2 Å². The van der Waals surface area contributed by atoms with Crippen LogP contribution in [0.3, 0.4) is 0 Å². The summed E-state index contributed by atoms with van der Waals surface area (Å²) in [7, 11) is -3.84. The van der Waals surface area contributed by atoms with Crippen LogP contribution < -0.4 is 0 Å². The van der Waals surface area contributed by atoms with E-state index in [4.69, 9.17) is 0 Å². The summed E-state index contributed by atoms with van der Waals surface area (Å²) >= 11 is 2.14. The van der Waals surface area contributed by atoms with Crippen molar-refractivity contribution < 1.29 is 13.2 Å². The predicted molar refractivity (Wildman–Crippen MR) is 103 cm³/mol. The van der Waals surface area contributed by atoms with E-state index in [1.807, 2.05) is 30.3 Å². The van der Waals surface area contributed by atoms with E-state index in [0.717, 1.165) is 28.7 Å². The van der Waals surface area contributed by atoms with E-state index in [0.29, 0.717) is 4.91 Å². The number of hydrogen-bond acceptors (Lipinski definition) is 5. The Labute approximate surface area is 154 Å². The number of benzene rings is 1. The molecule has 0 atom stereocenters. The van der Waals surface area contributed by atoms with Crippen molar-refractivity contribution in [1.29, 1.82) is 0 Å². The minimum Gasteiger partial charge on any atom is -0.282 e. The highest BCUT2D eigenvalue weighted by Gasteiger charge is 2.34. The van der Waals surface area contributed by atoms with Gasteiger partial charge >= 0.3 is 0 Å². The third kappa shape index (κ3) is 3.92. The average molecular weight is 391 g/mol. The third-order valence-corrected chi connectivity index (χ3v) is 7.01. The number of rotatable bonds is 5. The summed E-state index contributed by atoms with van der Waals surface area (Å²) in [5, 5.41) is 1.81. The minimum atomic E-state index is -3.84. The molecule has 0 spiro atoms. The number of nitrogens with zero attached hydrogens (tertiary/aromatic N) is 2. The highest BCUT2D eigenvalue weighted by atomic mass is 32.2. The number of thioether (sulfide) groups is 1. The molecule has 0 aliphatic carbocycles. The lowest BCUT2D eigenvalue weighted by molar-refractivity contribution is -0.121. The molecule has 25 heavy (non-hydrogen) atoms. The van der Waals surface area contributed by atoms with Crippen molar-refractivity contribution in [3.63, 3.8) is 0 Å². The zero-order chi connectivity index (χ0) is 17.9. The lowest BCUT2D eigenvalue weighted by Crippen LogP contribution is -2.29. The summed E-state index contributed by atoms with van der Waals surface area (Å²) in [6.07, 6.45) is 3.26. The summed E-state index contributed by atoms with van der Waals surface area (Å²) in [5.41, 5.74) is 0.860. The molecule has 1 aromatic heterocycles. The van der Waals surface area contributed by atoms with Crippen LogP contribution in [-0.2, 0) is 14.8 Å². The number of carbonyl (C=O) groups is 1. The molecule has 0 N–H and O–H groups in total. The van der Waals surface area contributed by atoms with Crippen LogP contribution in [0.25, 0.3) is 6.08 Å². The molecule has 128 valence electrons. The van der Waals surface area contributed by atoms with Gasteiger partial charge in [0.1, 0.15) is 4.21 Å². The SMILES string of the molecule is C=CCN1C(=O)C(=Cc2ccccc2)SC1=NS(=O)(=O)c1cccs1. The number of sulfonamides is 1. The summed E-state index contributed by atoms with van der Waals surface area (Å²) < 4.78 is 28.8. The van der Waals surface area contributed by atoms with Crippen molar-refractivity contribution in [2.24, 2.45) is 4.40 Å². The Bertz CT molecular complexity index is 946. The first-order chi connectivity index (χ1) is 12.0. The molecule has 1 fully saturated rings. The van der Waals surface area contributed by atoms with E-state index in [1.54, 1.807) is 17.5 Å². The molecular formula is C17H14N2O3S3. The highest BCUT2D eigenvalue weighted by molar-refractivity contribution is 8.19. The van der Waals surface area contributed by atoms with Crippen molar-refractivity contribution >= 4 is 50.3 Å². The van der Waals surface area contributed by atoms with Crippen LogP contribution >= 0.6 is 23.1 Å². The Morgan fingerprint density at radius 1 is 1.16 bits per heavy atom. The molecule has 1 aliphatic heterocycles. The maximum atomic E-state index is 12.6. The Morgan fingerprint density at radius 3 is 2.56 bits per heavy atom. The van der Waals surface area contributed by atoms with Gasteiger partial charge in [-0.05, 0) is 34.8 Å². The molecular weight excluding hydrogens is 376 g/mol. The Balaban J connectivity index is 1.99. The molecule has 5 nitrogen and oxygen atoms in total. The molecule has 2 aromatic rings. The fourth-order valence-electron chi connectivity index (χ4n) is 2.12. The van der Waals surface area contributed by atoms with Crippen molar-refractivity contribution in [2.75, 3.05) is 6.54 Å². The quantitative estimate of drug-likeness (QED) is 0.578. The van der Waals surface area contributed by atoms with E-state index in [2.05, 4.69) is 11.0 Å². The van der Waals surface area contributed by atoms with E-state index in [-0.39, 0.29) is 21.8 Å². The molecule has 0 radical (unpaired) electrons. The smallest absolute Gasteiger partial charge is 0.282 e. The number of amidine groups is 1. The first kappa shape index (κ1) is 17.7. The Kier molecular flexibility index (Phi) is 5.22. The van der Waals surface area contributed by atoms with Crippen LogP contribution in [0.4, 0.5) is 0 Å². The average Bonchev–Trinajstić information content (AvgIpc) is 3.22. The van der Waals surface area contributed by atoms with Crippen molar-refractivity contribution in [1.82, 2.24) is 4.90 Å². The standard InChI is InChI=1S/C17H14N2O3S3/c1-2-10-19-16(20)14(12-13-7-4-3-5-8-13)24-17(19)18-25(21,22)15-9-6-11-23-15/h2-9,11-12H,1,10H2. The molecule has 1 aliphatic rings. The van der Waals surface area contributed by atoms with Gasteiger partial charge in [-0.25, -0.2) is 0 Å². The van der Waals surface area contributed by atoms with Crippen LogP contribution in [0.5, 0.6) is 0 Å². The minimum absolute atomic E-state index is 0.139. The maximum absolute atomic E-state index is 12.6. The van der Waals surface area contributed by atoms with Crippen LogP contribution in [0.15, 0.2) is 74.0 Å². The molecule has 0 unspecified atom stereocenters. The van der Waals surface area contributed by atoms with Gasteiger partial charge in [0.2, 0.25) is 0 Å². The lowest BCUT2D eigenvalue weighted by atomic mass is 10.2. The van der Waals surface area contributed by atoms with Gasteiger partial charge in [0.05, 0.1) is 4.91 Å². The summed E-state index contributed by atoms with van der Waals surface area (Å²) in [4.78, 5) is 14.3. The number of hydrogen-bond donors (Lipinski definition) is 0. The third-order valence-electron chi connectivity index (χ3n) is 3.24. The van der Waals surface area contributed by atoms with Gasteiger partial charge in [0.15, 0.2) is 5.17 Å². The van der Waals surface area contributed by atoms with Gasteiger partial charge in [-0.2, -0.15) is 8.42 Å². The van der Waals surface area contributed by atoms with Crippen molar-refractivity contribution in [3.8, 4) is 0 Å². The zero-order valence-electron chi connectivity index (χ0n) is 13.0. The van der Waals surface area contributed by atoms with Crippen LogP contribution in [0.1, 0.15) is 5.56 Å². The van der Waals surface area contributed by atoms with Gasteiger partial charge in [0.25, 0.3) is 15.9 Å². The second-order valence-corrected chi connectivity index (χ2v) is 8.79. The monoisotopic (exact) mass is 390 g/mol. The fraction of sp³-hybridized carbons (Fsp3) is 0.0588. The highest BCUT2D eigenvalue weighted by Crippen LogP contribution is 2.34. The first-order valence-corrected chi connectivity index (χ1v) is 10.4. The van der Waals surface area contributed by atoms with Gasteiger partial charge in [-0.3, -0.25) is 9.69 Å². The topological polar surface area (TPSA) is 66.8 Å². The van der Waals surface area contributed by atoms with Crippen LogP contribution in [-0.4, -0.2) is 30.9 Å². The fourth-order valence-corrected chi connectivity index (χ4v) is 5.28. The van der Waals surface area contributed by atoms with Gasteiger partial charge in [-0.1, -0.05) is 42.5 Å². The summed E-state index contributed by atoms with van der Waals surface area (Å²) in [5.74, 6) is -0.283. The molecule has 1 aromatic carbocycles. The van der Waals surface area contributed by atoms with E-state index >= 15 is 0 Å². The van der Waals surface area contributed by atoms with Gasteiger partial charge < -0.3 is 0 Å². The van der Waals surface area contributed by atoms with Crippen LogP contribution in [0.2, 0.25) is 0 Å². The Morgan fingerprint density at radius 2 is 1.92 bits per heavy atom. The number of amides is 1. The van der Waals surface area contributed by atoms with Gasteiger partial charge in [-0.15, -0.1) is 22.3 Å². The largest absolute Gasteiger partial charge is 0.294 e. The second-order valence-electron chi connectivity index (χ2n) is 5.01. The Hall–Kier alpha value is -2.16. The normalized spacial score (nSPS) is 18.2. The summed E-state index contributed by atoms with van der Waals surface area (Å²) in [6, 6.07) is 12.5. The summed E-state index contributed by atoms with van der Waals surface area (Å²) in [6.45, 7) is 3.81. The van der Waals surface area contributed by atoms with Gasteiger partial charge in [0, 0.05) is 6.54 Å². The number of thiophene rings is 1. The van der Waals surface area contributed by atoms with Crippen molar-refractivity contribution in [2.45, 2.75) is 4.21 Å². The second kappa shape index (κ2) is 7.38. The molecule has 1 saturated heterocycles. The zero-order valence-corrected chi connectivity index (χ0v) is 15.5. The molecule has 0 bridgehead atoms. The molecule has 8 heteroatoms.